The molecule has 124 valence electrons. The molecule has 0 aromatic rings. The third kappa shape index (κ3) is 13.9. The topological polar surface area (TPSA) is 107 Å². The number of carboxylic acid groups (broad SMARTS) is 1. The summed E-state index contributed by atoms with van der Waals surface area (Å²) in [5.74, 6) is -1.29. The standard InChI is InChI=1S/C12H21ClO7S/c1-12(2,9-20-21(13,17)18)7-8-19-11(16)6-4-3-5-10(14)15/h3-9H2,1-2H3,(H,14,15). The van der Waals surface area contributed by atoms with Crippen LogP contribution >= 0.6 is 10.7 Å². The van der Waals surface area contributed by atoms with Crippen molar-refractivity contribution >= 4 is 32.0 Å². The number of aliphatic carboxylic acids is 1. The second-order valence-corrected chi connectivity index (χ2v) is 7.55. The van der Waals surface area contributed by atoms with Gasteiger partial charge >= 0.3 is 21.3 Å². The number of ether oxygens (including phenoxy) is 1. The molecule has 9 heteroatoms. The highest BCUT2D eigenvalue weighted by Crippen LogP contribution is 2.22. The van der Waals surface area contributed by atoms with E-state index in [-0.39, 0.29) is 26.1 Å². The zero-order chi connectivity index (χ0) is 16.5. The lowest BCUT2D eigenvalue weighted by Crippen LogP contribution is -2.23. The van der Waals surface area contributed by atoms with E-state index >= 15 is 0 Å². The van der Waals surface area contributed by atoms with Crippen molar-refractivity contribution in [3.8, 4) is 0 Å². The monoisotopic (exact) mass is 344 g/mol. The molecule has 0 aromatic carbocycles. The van der Waals surface area contributed by atoms with E-state index in [2.05, 4.69) is 4.18 Å². The van der Waals surface area contributed by atoms with Gasteiger partial charge in [0.25, 0.3) is 0 Å². The van der Waals surface area contributed by atoms with Crippen LogP contribution in [-0.4, -0.2) is 38.7 Å². The van der Waals surface area contributed by atoms with Crippen LogP contribution in [0.5, 0.6) is 0 Å². The van der Waals surface area contributed by atoms with E-state index in [0.29, 0.717) is 19.3 Å². The van der Waals surface area contributed by atoms with Crippen molar-refractivity contribution in [2.75, 3.05) is 13.2 Å². The third-order valence-corrected chi connectivity index (χ3v) is 3.32. The Morgan fingerprint density at radius 3 is 2.29 bits per heavy atom. The quantitative estimate of drug-likeness (QED) is 0.347. The maximum atomic E-state index is 11.4. The normalized spacial score (nSPS) is 12.1. The van der Waals surface area contributed by atoms with E-state index in [1.54, 1.807) is 13.8 Å². The molecule has 0 bridgehead atoms. The number of carboxylic acids is 1. The van der Waals surface area contributed by atoms with Crippen molar-refractivity contribution in [1.29, 1.82) is 0 Å². The molecule has 0 rings (SSSR count). The van der Waals surface area contributed by atoms with Crippen LogP contribution in [0.1, 0.15) is 46.0 Å². The largest absolute Gasteiger partial charge is 0.481 e. The van der Waals surface area contributed by atoms with Crippen LogP contribution in [0.4, 0.5) is 0 Å². The first-order valence-electron chi connectivity index (χ1n) is 6.48. The Kier molecular flexibility index (Phi) is 8.84. The molecule has 0 atom stereocenters. The predicted molar refractivity (Wildman–Crippen MR) is 76.2 cm³/mol. The van der Waals surface area contributed by atoms with Gasteiger partial charge in [-0.3, -0.25) is 13.8 Å². The van der Waals surface area contributed by atoms with Gasteiger partial charge < -0.3 is 9.84 Å². The Morgan fingerprint density at radius 2 is 1.76 bits per heavy atom. The SMILES string of the molecule is CC(C)(CCOC(=O)CCCCC(=O)O)COS(=O)(=O)Cl. The number of esters is 1. The van der Waals surface area contributed by atoms with Crippen molar-refractivity contribution in [2.24, 2.45) is 5.41 Å². The fraction of sp³-hybridized carbons (Fsp3) is 0.833. The fourth-order valence-corrected chi connectivity index (χ4v) is 1.95. The van der Waals surface area contributed by atoms with E-state index in [1.165, 1.54) is 0 Å². The van der Waals surface area contributed by atoms with Gasteiger partial charge in [-0.1, -0.05) is 13.8 Å². The molecule has 0 saturated heterocycles. The third-order valence-electron chi connectivity index (χ3n) is 2.65. The van der Waals surface area contributed by atoms with Crippen molar-refractivity contribution < 1.29 is 32.0 Å². The molecule has 1 N–H and O–H groups in total. The maximum absolute atomic E-state index is 11.4. The number of hydrogen-bond donors (Lipinski definition) is 1. The first-order valence-corrected chi connectivity index (χ1v) is 8.72. The molecular formula is C12H21ClO7S. The minimum atomic E-state index is -4.00. The summed E-state index contributed by atoms with van der Waals surface area (Å²) in [5, 5.41) is 8.44. The Hall–Kier alpha value is -0.860. The van der Waals surface area contributed by atoms with E-state index in [1.807, 2.05) is 0 Å². The highest BCUT2D eigenvalue weighted by atomic mass is 35.7. The van der Waals surface area contributed by atoms with Crippen LogP contribution in [0, 0.1) is 5.41 Å². The first-order chi connectivity index (χ1) is 9.52. The molecule has 0 aliphatic carbocycles. The summed E-state index contributed by atoms with van der Waals surface area (Å²) in [6, 6.07) is 0. The molecule has 0 spiro atoms. The summed E-state index contributed by atoms with van der Waals surface area (Å²) >= 11 is 0. The van der Waals surface area contributed by atoms with Gasteiger partial charge in [0.2, 0.25) is 0 Å². The molecule has 7 nitrogen and oxygen atoms in total. The van der Waals surface area contributed by atoms with Crippen LogP contribution in [0.2, 0.25) is 0 Å². The maximum Gasteiger partial charge on any atom is 0.355 e. The van der Waals surface area contributed by atoms with Crippen LogP contribution in [-0.2, 0) is 27.8 Å². The second kappa shape index (κ2) is 9.22. The second-order valence-electron chi connectivity index (χ2n) is 5.39. The smallest absolute Gasteiger partial charge is 0.355 e. The summed E-state index contributed by atoms with van der Waals surface area (Å²) in [6.07, 6.45) is 1.50. The molecule has 0 saturated carbocycles. The Balaban J connectivity index is 3.81. The average Bonchev–Trinajstić information content (AvgIpc) is 2.31. The number of halogens is 1. The summed E-state index contributed by atoms with van der Waals surface area (Å²) in [5.41, 5.74) is -0.508. The van der Waals surface area contributed by atoms with Crippen LogP contribution in [0.25, 0.3) is 0 Å². The van der Waals surface area contributed by atoms with Gasteiger partial charge in [-0.05, 0) is 24.7 Å². The molecule has 0 heterocycles. The van der Waals surface area contributed by atoms with E-state index in [0.717, 1.165) is 0 Å². The first kappa shape index (κ1) is 20.1. The van der Waals surface area contributed by atoms with Crippen molar-refractivity contribution in [1.82, 2.24) is 0 Å². The number of hydrogen-bond acceptors (Lipinski definition) is 6. The van der Waals surface area contributed by atoms with Gasteiger partial charge in [0.15, 0.2) is 0 Å². The lowest BCUT2D eigenvalue weighted by molar-refractivity contribution is -0.145. The van der Waals surface area contributed by atoms with E-state index in [9.17, 15) is 18.0 Å². The zero-order valence-corrected chi connectivity index (χ0v) is 13.7. The molecule has 0 radical (unpaired) electrons. The van der Waals surface area contributed by atoms with Gasteiger partial charge in [-0.25, -0.2) is 0 Å². The number of unbranched alkanes of at least 4 members (excludes halogenated alkanes) is 1. The molecule has 21 heavy (non-hydrogen) atoms. The van der Waals surface area contributed by atoms with Gasteiger partial charge in [0.05, 0.1) is 13.2 Å². The molecule has 0 unspecified atom stereocenters. The summed E-state index contributed by atoms with van der Waals surface area (Å²) in [6.45, 7) is 3.55. The van der Waals surface area contributed by atoms with E-state index in [4.69, 9.17) is 20.5 Å². The summed E-state index contributed by atoms with van der Waals surface area (Å²) < 4.78 is 30.8. The van der Waals surface area contributed by atoms with Crippen LogP contribution in [0.3, 0.4) is 0 Å². The average molecular weight is 345 g/mol. The Labute approximate surface area is 129 Å². The predicted octanol–water partition coefficient (Wildman–Crippen LogP) is 2.09. The highest BCUT2D eigenvalue weighted by Gasteiger charge is 2.22. The summed E-state index contributed by atoms with van der Waals surface area (Å²) in [7, 11) is 0.936. The molecule has 0 amide bonds. The van der Waals surface area contributed by atoms with Crippen molar-refractivity contribution in [3.05, 3.63) is 0 Å². The Morgan fingerprint density at radius 1 is 1.19 bits per heavy atom. The lowest BCUT2D eigenvalue weighted by Gasteiger charge is -2.22. The lowest BCUT2D eigenvalue weighted by atomic mass is 9.91. The molecule has 0 aromatic heterocycles. The molecular weight excluding hydrogens is 324 g/mol. The number of rotatable bonds is 11. The zero-order valence-electron chi connectivity index (χ0n) is 12.1. The van der Waals surface area contributed by atoms with Crippen molar-refractivity contribution in [2.45, 2.75) is 46.0 Å². The highest BCUT2D eigenvalue weighted by molar-refractivity contribution is 8.09. The molecule has 0 aliphatic rings. The summed E-state index contributed by atoms with van der Waals surface area (Å²) in [4.78, 5) is 21.7. The number of carbonyl (C=O) groups is 2. The van der Waals surface area contributed by atoms with Gasteiger partial charge in [-0.15, -0.1) is 0 Å². The van der Waals surface area contributed by atoms with Gasteiger partial charge in [0.1, 0.15) is 0 Å². The van der Waals surface area contributed by atoms with Crippen LogP contribution in [0.15, 0.2) is 0 Å². The van der Waals surface area contributed by atoms with Gasteiger partial charge in [0, 0.05) is 23.5 Å². The minimum Gasteiger partial charge on any atom is -0.481 e. The van der Waals surface area contributed by atoms with Crippen molar-refractivity contribution in [3.63, 3.8) is 0 Å². The van der Waals surface area contributed by atoms with Gasteiger partial charge in [-0.2, -0.15) is 8.42 Å². The fourth-order valence-electron chi connectivity index (χ4n) is 1.36. The minimum absolute atomic E-state index is 0.0323. The van der Waals surface area contributed by atoms with Crippen LogP contribution < -0.4 is 0 Å². The van der Waals surface area contributed by atoms with E-state index < -0.39 is 26.7 Å². The number of carbonyl (C=O) groups excluding carboxylic acids is 1. The molecule has 0 fully saturated rings. The molecule has 0 aliphatic heterocycles. The Bertz CT molecular complexity index is 445.